The van der Waals surface area contributed by atoms with Crippen molar-refractivity contribution in [3.05, 3.63) is 68.2 Å². The summed E-state index contributed by atoms with van der Waals surface area (Å²) >= 11 is 21.4. The van der Waals surface area contributed by atoms with Crippen LogP contribution in [0.1, 0.15) is 16.1 Å². The van der Waals surface area contributed by atoms with E-state index in [1.54, 1.807) is 29.8 Å². The second-order valence-corrected chi connectivity index (χ2v) is 7.21. The monoisotopic (exact) mass is 442 g/mol. The molecule has 3 rings (SSSR count). The fourth-order valence-electron chi connectivity index (χ4n) is 2.46. The second-order valence-electron chi connectivity index (χ2n) is 5.11. The minimum absolute atomic E-state index is 0.195. The summed E-state index contributed by atoms with van der Waals surface area (Å²) in [5, 5.41) is 4.70. The molecule has 0 aliphatic heterocycles. The molecule has 0 fully saturated rings. The largest absolute Gasteiger partial charge is 0.274 e. The summed E-state index contributed by atoms with van der Waals surface area (Å²) in [6.45, 7) is 1.81. The van der Waals surface area contributed by atoms with E-state index in [-0.39, 0.29) is 5.69 Å². The van der Waals surface area contributed by atoms with E-state index >= 15 is 0 Å². The molecule has 0 aliphatic carbocycles. The maximum atomic E-state index is 11.7. The molecular weight excluding hydrogens is 434 g/mol. The van der Waals surface area contributed by atoms with Gasteiger partial charge >= 0.3 is 0 Å². The molecule has 7 heteroatoms. The zero-order valence-corrected chi connectivity index (χ0v) is 16.2. The molecule has 0 spiro atoms. The smallest absolute Gasteiger partial charge is 0.273 e. The Balaban J connectivity index is 2.30. The van der Waals surface area contributed by atoms with Crippen LogP contribution in [0.2, 0.25) is 10.0 Å². The molecule has 0 unspecified atom stereocenters. The Kier molecular flexibility index (Phi) is 5.02. The Labute approximate surface area is 162 Å². The molecule has 1 heterocycles. The maximum Gasteiger partial charge on any atom is 0.273 e. The summed E-state index contributed by atoms with van der Waals surface area (Å²) in [5.41, 5.74) is 3.13. The number of carbonyl (C=O) groups is 1. The molecule has 3 nitrogen and oxygen atoms in total. The minimum Gasteiger partial charge on any atom is -0.274 e. The summed E-state index contributed by atoms with van der Waals surface area (Å²) in [6, 6.07) is 12.8. The van der Waals surface area contributed by atoms with Crippen molar-refractivity contribution < 1.29 is 4.79 Å². The number of rotatable bonds is 3. The van der Waals surface area contributed by atoms with Gasteiger partial charge in [-0.25, -0.2) is 4.68 Å². The van der Waals surface area contributed by atoms with E-state index in [9.17, 15) is 4.79 Å². The Bertz CT molecular complexity index is 936. The normalized spacial score (nSPS) is 10.9. The fourth-order valence-corrected chi connectivity index (χ4v) is 3.39. The van der Waals surface area contributed by atoms with E-state index in [4.69, 9.17) is 34.8 Å². The summed E-state index contributed by atoms with van der Waals surface area (Å²) in [5.74, 6) is 0. The van der Waals surface area contributed by atoms with Crippen LogP contribution in [0.5, 0.6) is 0 Å². The lowest BCUT2D eigenvalue weighted by molar-refractivity contribution is 0.107. The Morgan fingerprint density at radius 1 is 1.12 bits per heavy atom. The van der Waals surface area contributed by atoms with Crippen molar-refractivity contribution in [2.75, 3.05) is 0 Å². The van der Waals surface area contributed by atoms with Gasteiger partial charge in [0.2, 0.25) is 0 Å². The molecule has 0 atom stereocenters. The van der Waals surface area contributed by atoms with Crippen LogP contribution in [0, 0.1) is 6.92 Å². The lowest BCUT2D eigenvalue weighted by Gasteiger charge is -2.11. The summed E-state index contributed by atoms with van der Waals surface area (Å²) in [6.07, 6.45) is 0. The van der Waals surface area contributed by atoms with Crippen LogP contribution in [0.4, 0.5) is 0 Å². The van der Waals surface area contributed by atoms with E-state index in [0.717, 1.165) is 15.7 Å². The second kappa shape index (κ2) is 6.89. The van der Waals surface area contributed by atoms with Gasteiger partial charge in [-0.05, 0) is 48.9 Å². The standard InChI is InChI=1S/C17H10BrCl3N2O/c1-9-15(17(21)24)22-23(14-7-6-12(19)8-13(14)20)16(9)10-2-4-11(18)5-3-10/h2-8H,1H3. The average molecular weight is 445 g/mol. The third-order valence-electron chi connectivity index (χ3n) is 3.56. The fraction of sp³-hybridized carbons (Fsp3) is 0.0588. The zero-order chi connectivity index (χ0) is 17.4. The number of carbonyl (C=O) groups excluding carboxylic acids is 1. The van der Waals surface area contributed by atoms with Crippen molar-refractivity contribution in [3.63, 3.8) is 0 Å². The van der Waals surface area contributed by atoms with E-state index < -0.39 is 5.24 Å². The van der Waals surface area contributed by atoms with E-state index in [1.165, 1.54) is 0 Å². The molecule has 0 bridgehead atoms. The van der Waals surface area contributed by atoms with Crippen LogP contribution >= 0.6 is 50.7 Å². The van der Waals surface area contributed by atoms with Crippen LogP contribution in [-0.2, 0) is 0 Å². The first kappa shape index (κ1) is 17.5. The number of hydrogen-bond acceptors (Lipinski definition) is 2. The van der Waals surface area contributed by atoms with Crippen molar-refractivity contribution in [1.82, 2.24) is 9.78 Å². The van der Waals surface area contributed by atoms with Crippen LogP contribution in [0.3, 0.4) is 0 Å². The van der Waals surface area contributed by atoms with E-state index in [1.807, 2.05) is 24.3 Å². The van der Waals surface area contributed by atoms with E-state index in [0.29, 0.717) is 21.3 Å². The Morgan fingerprint density at radius 2 is 1.79 bits per heavy atom. The first-order valence-corrected chi connectivity index (χ1v) is 8.82. The highest BCUT2D eigenvalue weighted by atomic mass is 79.9. The highest BCUT2D eigenvalue weighted by molar-refractivity contribution is 9.10. The van der Waals surface area contributed by atoms with Crippen LogP contribution in [0.25, 0.3) is 16.9 Å². The number of nitrogens with zero attached hydrogens (tertiary/aromatic N) is 2. The molecule has 3 aromatic rings. The highest BCUT2D eigenvalue weighted by Gasteiger charge is 2.22. The summed E-state index contributed by atoms with van der Waals surface area (Å²) in [4.78, 5) is 11.7. The van der Waals surface area contributed by atoms with Gasteiger partial charge in [-0.1, -0.05) is 51.3 Å². The predicted molar refractivity (Wildman–Crippen MR) is 102 cm³/mol. The number of benzene rings is 2. The Hall–Kier alpha value is -1.33. The first-order valence-electron chi connectivity index (χ1n) is 6.89. The molecular formula is C17H10BrCl3N2O. The van der Waals surface area contributed by atoms with Gasteiger partial charge in [-0.2, -0.15) is 5.10 Å². The quantitative estimate of drug-likeness (QED) is 0.445. The lowest BCUT2D eigenvalue weighted by atomic mass is 10.1. The topological polar surface area (TPSA) is 34.9 Å². The molecule has 0 radical (unpaired) electrons. The van der Waals surface area contributed by atoms with Crippen molar-refractivity contribution in [1.29, 1.82) is 0 Å². The summed E-state index contributed by atoms with van der Waals surface area (Å²) < 4.78 is 2.57. The highest BCUT2D eigenvalue weighted by Crippen LogP contribution is 2.33. The zero-order valence-electron chi connectivity index (χ0n) is 12.4. The number of halogens is 4. The van der Waals surface area contributed by atoms with Gasteiger partial charge in [0.05, 0.1) is 16.4 Å². The predicted octanol–water partition coefficient (Wildman–Crippen LogP) is 6.30. The lowest BCUT2D eigenvalue weighted by Crippen LogP contribution is -2.01. The molecule has 24 heavy (non-hydrogen) atoms. The van der Waals surface area contributed by atoms with Gasteiger partial charge in [-0.15, -0.1) is 0 Å². The third kappa shape index (κ3) is 3.24. The SMILES string of the molecule is Cc1c(C(=O)Cl)nn(-c2ccc(Cl)cc2Cl)c1-c1ccc(Br)cc1. The van der Waals surface area contributed by atoms with Crippen molar-refractivity contribution in [3.8, 4) is 16.9 Å². The van der Waals surface area contributed by atoms with Gasteiger partial charge in [0.15, 0.2) is 0 Å². The molecule has 2 aromatic carbocycles. The molecule has 0 amide bonds. The van der Waals surface area contributed by atoms with Gasteiger partial charge < -0.3 is 0 Å². The van der Waals surface area contributed by atoms with Crippen molar-refractivity contribution >= 4 is 56.0 Å². The average Bonchev–Trinajstić information content (AvgIpc) is 2.86. The third-order valence-corrected chi connectivity index (χ3v) is 4.81. The summed E-state index contributed by atoms with van der Waals surface area (Å²) in [7, 11) is 0. The van der Waals surface area contributed by atoms with Crippen molar-refractivity contribution in [2.45, 2.75) is 6.92 Å². The molecule has 0 saturated heterocycles. The van der Waals surface area contributed by atoms with Gasteiger partial charge in [0, 0.05) is 20.6 Å². The maximum absolute atomic E-state index is 11.7. The van der Waals surface area contributed by atoms with E-state index in [2.05, 4.69) is 21.0 Å². The van der Waals surface area contributed by atoms with Crippen LogP contribution < -0.4 is 0 Å². The Morgan fingerprint density at radius 3 is 2.38 bits per heavy atom. The van der Waals surface area contributed by atoms with Gasteiger partial charge in [-0.3, -0.25) is 4.79 Å². The molecule has 0 saturated carbocycles. The number of aromatic nitrogens is 2. The van der Waals surface area contributed by atoms with Crippen LogP contribution in [-0.4, -0.2) is 15.0 Å². The molecule has 1 aromatic heterocycles. The van der Waals surface area contributed by atoms with Gasteiger partial charge in [0.25, 0.3) is 5.24 Å². The molecule has 122 valence electrons. The molecule has 0 N–H and O–H groups in total. The molecule has 0 aliphatic rings. The van der Waals surface area contributed by atoms with Crippen LogP contribution in [0.15, 0.2) is 46.9 Å². The minimum atomic E-state index is -0.616. The first-order chi connectivity index (χ1) is 11.4. The number of hydrogen-bond donors (Lipinski definition) is 0. The van der Waals surface area contributed by atoms with Crippen molar-refractivity contribution in [2.24, 2.45) is 0 Å². The van der Waals surface area contributed by atoms with Gasteiger partial charge in [0.1, 0.15) is 5.69 Å².